The van der Waals surface area contributed by atoms with Crippen molar-refractivity contribution in [2.45, 2.75) is 97.3 Å². The number of ether oxygens (including phenoxy) is 3. The standard InChI is InChI=1S/C22H42O5/c1-4-6-8-9-10-17-26-21(23)13-11-14-22(24)27-19-16-20(12-7-5-2)15-18-25-3/h20H,4-19H2,1-3H3. The van der Waals surface area contributed by atoms with Crippen LogP contribution in [-0.4, -0.2) is 38.9 Å². The quantitative estimate of drug-likeness (QED) is 0.218. The van der Waals surface area contributed by atoms with Crippen molar-refractivity contribution in [3.63, 3.8) is 0 Å². The van der Waals surface area contributed by atoms with Gasteiger partial charge in [-0.1, -0.05) is 58.8 Å². The van der Waals surface area contributed by atoms with Crippen LogP contribution in [0.25, 0.3) is 0 Å². The fraction of sp³-hybridized carbons (Fsp3) is 0.909. The number of hydrogen-bond acceptors (Lipinski definition) is 5. The Balaban J connectivity index is 3.67. The molecule has 0 amide bonds. The van der Waals surface area contributed by atoms with E-state index in [9.17, 15) is 9.59 Å². The molecule has 0 radical (unpaired) electrons. The minimum Gasteiger partial charge on any atom is -0.466 e. The fourth-order valence-corrected chi connectivity index (χ4v) is 2.96. The summed E-state index contributed by atoms with van der Waals surface area (Å²) < 4.78 is 15.7. The third kappa shape index (κ3) is 18.0. The van der Waals surface area contributed by atoms with Crippen LogP contribution in [0.2, 0.25) is 0 Å². The SMILES string of the molecule is CCCCCCCOC(=O)CCCC(=O)OCCC(CCCC)CCOC. The van der Waals surface area contributed by atoms with Crippen LogP contribution in [-0.2, 0) is 23.8 Å². The Bertz CT molecular complexity index is 349. The summed E-state index contributed by atoms with van der Waals surface area (Å²) in [6.45, 7) is 6.07. The highest BCUT2D eigenvalue weighted by Crippen LogP contribution is 2.17. The van der Waals surface area contributed by atoms with E-state index >= 15 is 0 Å². The number of hydrogen-bond donors (Lipinski definition) is 0. The molecular weight excluding hydrogens is 344 g/mol. The van der Waals surface area contributed by atoms with Gasteiger partial charge in [0.1, 0.15) is 0 Å². The van der Waals surface area contributed by atoms with Crippen LogP contribution in [0.15, 0.2) is 0 Å². The lowest BCUT2D eigenvalue weighted by Crippen LogP contribution is -2.12. The van der Waals surface area contributed by atoms with Crippen LogP contribution in [0.1, 0.15) is 97.3 Å². The van der Waals surface area contributed by atoms with E-state index in [-0.39, 0.29) is 24.8 Å². The molecule has 5 nitrogen and oxygen atoms in total. The van der Waals surface area contributed by atoms with E-state index in [1.807, 2.05) is 0 Å². The van der Waals surface area contributed by atoms with E-state index in [1.165, 1.54) is 32.1 Å². The number of carbonyl (C=O) groups is 2. The van der Waals surface area contributed by atoms with Crippen LogP contribution in [0.4, 0.5) is 0 Å². The molecule has 0 aliphatic rings. The third-order valence-corrected chi connectivity index (χ3v) is 4.76. The van der Waals surface area contributed by atoms with Gasteiger partial charge in [-0.15, -0.1) is 0 Å². The Morgan fingerprint density at radius 3 is 1.89 bits per heavy atom. The average Bonchev–Trinajstić information content (AvgIpc) is 2.66. The third-order valence-electron chi connectivity index (χ3n) is 4.76. The molecule has 5 heteroatoms. The molecule has 0 heterocycles. The zero-order valence-corrected chi connectivity index (χ0v) is 17.9. The molecule has 0 fully saturated rings. The minimum atomic E-state index is -0.219. The second-order valence-corrected chi connectivity index (χ2v) is 7.29. The largest absolute Gasteiger partial charge is 0.466 e. The van der Waals surface area contributed by atoms with Gasteiger partial charge in [0.15, 0.2) is 0 Å². The summed E-state index contributed by atoms with van der Waals surface area (Å²) in [5, 5.41) is 0. The van der Waals surface area contributed by atoms with Crippen molar-refractivity contribution >= 4 is 11.9 Å². The molecule has 0 spiro atoms. The highest BCUT2D eigenvalue weighted by molar-refractivity contribution is 5.72. The van der Waals surface area contributed by atoms with E-state index in [4.69, 9.17) is 14.2 Å². The summed E-state index contributed by atoms with van der Waals surface area (Å²) in [5.74, 6) is 0.117. The van der Waals surface area contributed by atoms with E-state index in [1.54, 1.807) is 7.11 Å². The van der Waals surface area contributed by atoms with Crippen molar-refractivity contribution in [3.8, 4) is 0 Å². The van der Waals surface area contributed by atoms with Crippen LogP contribution >= 0.6 is 0 Å². The Morgan fingerprint density at radius 1 is 0.667 bits per heavy atom. The first kappa shape index (κ1) is 25.9. The predicted octanol–water partition coefficient (Wildman–Crippen LogP) is 5.45. The maximum absolute atomic E-state index is 11.8. The molecule has 1 unspecified atom stereocenters. The van der Waals surface area contributed by atoms with Crippen LogP contribution in [0, 0.1) is 5.92 Å². The molecule has 0 aromatic carbocycles. The molecule has 27 heavy (non-hydrogen) atoms. The summed E-state index contributed by atoms with van der Waals surface area (Å²) in [7, 11) is 1.72. The number of carbonyl (C=O) groups excluding carboxylic acids is 2. The Labute approximate surface area is 166 Å². The zero-order chi connectivity index (χ0) is 20.2. The highest BCUT2D eigenvalue weighted by atomic mass is 16.5. The van der Waals surface area contributed by atoms with Gasteiger partial charge in [0, 0.05) is 26.6 Å². The van der Waals surface area contributed by atoms with E-state index < -0.39 is 0 Å². The second kappa shape index (κ2) is 19.7. The molecule has 0 aromatic heterocycles. The van der Waals surface area contributed by atoms with Gasteiger partial charge in [0.2, 0.25) is 0 Å². The van der Waals surface area contributed by atoms with Crippen molar-refractivity contribution < 1.29 is 23.8 Å². The van der Waals surface area contributed by atoms with Gasteiger partial charge in [-0.3, -0.25) is 9.59 Å². The predicted molar refractivity (Wildman–Crippen MR) is 109 cm³/mol. The number of rotatable bonds is 19. The molecule has 0 aromatic rings. The lowest BCUT2D eigenvalue weighted by atomic mass is 9.96. The first-order valence-corrected chi connectivity index (χ1v) is 10.9. The smallest absolute Gasteiger partial charge is 0.305 e. The molecule has 1 atom stereocenters. The molecule has 0 aliphatic heterocycles. The minimum absolute atomic E-state index is 0.211. The van der Waals surface area contributed by atoms with E-state index in [0.29, 0.717) is 25.6 Å². The topological polar surface area (TPSA) is 61.8 Å². The van der Waals surface area contributed by atoms with Gasteiger partial charge < -0.3 is 14.2 Å². The van der Waals surface area contributed by atoms with Gasteiger partial charge in [0.25, 0.3) is 0 Å². The zero-order valence-electron chi connectivity index (χ0n) is 17.9. The van der Waals surface area contributed by atoms with Gasteiger partial charge in [-0.25, -0.2) is 0 Å². The summed E-state index contributed by atoms with van der Waals surface area (Å²) >= 11 is 0. The molecule has 0 aliphatic carbocycles. The maximum atomic E-state index is 11.8. The summed E-state index contributed by atoms with van der Waals surface area (Å²) in [5.41, 5.74) is 0. The highest BCUT2D eigenvalue weighted by Gasteiger charge is 2.11. The molecule has 0 N–H and O–H groups in total. The molecule has 0 saturated heterocycles. The lowest BCUT2D eigenvalue weighted by molar-refractivity contribution is -0.145. The van der Waals surface area contributed by atoms with Crippen LogP contribution in [0.3, 0.4) is 0 Å². The molecule has 0 rings (SSSR count). The Hall–Kier alpha value is -1.10. The number of esters is 2. The van der Waals surface area contributed by atoms with Crippen LogP contribution < -0.4 is 0 Å². The molecule has 160 valence electrons. The van der Waals surface area contributed by atoms with Crippen molar-refractivity contribution in [2.75, 3.05) is 26.9 Å². The van der Waals surface area contributed by atoms with E-state index in [2.05, 4.69) is 13.8 Å². The van der Waals surface area contributed by atoms with Gasteiger partial charge in [0.05, 0.1) is 13.2 Å². The lowest BCUT2D eigenvalue weighted by Gasteiger charge is -2.16. The Kier molecular flexibility index (Phi) is 18.9. The van der Waals surface area contributed by atoms with Crippen molar-refractivity contribution in [1.29, 1.82) is 0 Å². The molecular formula is C22H42O5. The fourth-order valence-electron chi connectivity index (χ4n) is 2.96. The molecule has 0 saturated carbocycles. The van der Waals surface area contributed by atoms with Crippen molar-refractivity contribution in [1.82, 2.24) is 0 Å². The van der Waals surface area contributed by atoms with Crippen molar-refractivity contribution in [3.05, 3.63) is 0 Å². The molecule has 0 bridgehead atoms. The van der Waals surface area contributed by atoms with Gasteiger partial charge in [-0.05, 0) is 31.6 Å². The van der Waals surface area contributed by atoms with E-state index in [0.717, 1.165) is 38.7 Å². The van der Waals surface area contributed by atoms with Crippen LogP contribution in [0.5, 0.6) is 0 Å². The maximum Gasteiger partial charge on any atom is 0.305 e. The Morgan fingerprint density at radius 2 is 1.26 bits per heavy atom. The average molecular weight is 387 g/mol. The normalized spacial score (nSPS) is 12.0. The van der Waals surface area contributed by atoms with Gasteiger partial charge in [-0.2, -0.15) is 0 Å². The first-order valence-electron chi connectivity index (χ1n) is 10.9. The van der Waals surface area contributed by atoms with Crippen molar-refractivity contribution in [2.24, 2.45) is 5.92 Å². The first-order chi connectivity index (χ1) is 13.1. The van der Waals surface area contributed by atoms with Gasteiger partial charge >= 0.3 is 11.9 Å². The number of methoxy groups -OCH3 is 1. The summed E-state index contributed by atoms with van der Waals surface area (Å²) in [6.07, 6.45) is 12.2. The summed E-state index contributed by atoms with van der Waals surface area (Å²) in [6, 6.07) is 0. The number of unbranched alkanes of at least 4 members (excludes halogenated alkanes) is 5. The second-order valence-electron chi connectivity index (χ2n) is 7.29. The monoisotopic (exact) mass is 386 g/mol. The summed E-state index contributed by atoms with van der Waals surface area (Å²) in [4.78, 5) is 23.4.